The lowest BCUT2D eigenvalue weighted by Gasteiger charge is -2.11. The molecule has 0 aliphatic carbocycles. The summed E-state index contributed by atoms with van der Waals surface area (Å²) in [5, 5.41) is 9.40. The molecule has 5 nitrogen and oxygen atoms in total. The van der Waals surface area contributed by atoms with E-state index in [1.54, 1.807) is 14.1 Å². The molecule has 0 spiro atoms. The number of carbonyl (C=O) groups is 2. The zero-order valence-corrected chi connectivity index (χ0v) is 11.6. The maximum atomic E-state index is 11.3. The van der Waals surface area contributed by atoms with Gasteiger partial charge in [0, 0.05) is 25.5 Å². The highest BCUT2D eigenvalue weighted by Gasteiger charge is 2.12. The molecule has 1 aromatic rings. The molecule has 1 rings (SSSR count). The van der Waals surface area contributed by atoms with E-state index in [9.17, 15) is 9.59 Å². The Kier molecular flexibility index (Phi) is 5.63. The molecule has 0 unspecified atom stereocenters. The summed E-state index contributed by atoms with van der Waals surface area (Å²) in [6.45, 7) is 0.264. The van der Waals surface area contributed by atoms with Crippen LogP contribution in [0.5, 0.6) is 5.75 Å². The molecule has 6 heteroatoms. The number of ether oxygens (including phenoxy) is 1. The first-order chi connectivity index (χ1) is 8.91. The fourth-order valence-electron chi connectivity index (χ4n) is 1.42. The van der Waals surface area contributed by atoms with Crippen LogP contribution in [0.15, 0.2) is 18.2 Å². The second-order valence-corrected chi connectivity index (χ2v) is 4.62. The minimum atomic E-state index is -1.07. The topological polar surface area (TPSA) is 66.8 Å². The van der Waals surface area contributed by atoms with Crippen molar-refractivity contribution < 1.29 is 19.4 Å². The Hall–Kier alpha value is -1.75. The lowest BCUT2D eigenvalue weighted by atomic mass is 10.2. The van der Waals surface area contributed by atoms with Gasteiger partial charge in [-0.1, -0.05) is 11.6 Å². The number of hydrogen-bond donors (Lipinski definition) is 1. The van der Waals surface area contributed by atoms with Crippen molar-refractivity contribution in [3.8, 4) is 5.75 Å². The molecule has 0 atom stereocenters. The maximum Gasteiger partial charge on any atom is 0.339 e. The Balaban J connectivity index is 2.55. The van der Waals surface area contributed by atoms with Crippen molar-refractivity contribution in [3.63, 3.8) is 0 Å². The van der Waals surface area contributed by atoms with E-state index < -0.39 is 5.97 Å². The van der Waals surface area contributed by atoms with E-state index in [0.717, 1.165) is 0 Å². The SMILES string of the molecule is CN(C)C(=O)CCCOc1cc(Cl)ccc1C(=O)O. The van der Waals surface area contributed by atoms with Crippen LogP contribution < -0.4 is 4.74 Å². The van der Waals surface area contributed by atoms with Gasteiger partial charge in [-0.15, -0.1) is 0 Å². The van der Waals surface area contributed by atoms with Crippen LogP contribution in [0, 0.1) is 0 Å². The standard InChI is InChI=1S/C13H16ClNO4/c1-15(2)12(16)4-3-7-19-11-8-9(14)5-6-10(11)13(17)18/h5-6,8H,3-4,7H2,1-2H3,(H,17,18). The van der Waals surface area contributed by atoms with Crippen LogP contribution in [-0.4, -0.2) is 42.6 Å². The quantitative estimate of drug-likeness (QED) is 0.814. The molecule has 0 aliphatic heterocycles. The van der Waals surface area contributed by atoms with E-state index in [4.69, 9.17) is 21.4 Å². The fourth-order valence-corrected chi connectivity index (χ4v) is 1.58. The lowest BCUT2D eigenvalue weighted by molar-refractivity contribution is -0.128. The molecule has 1 N–H and O–H groups in total. The molecular formula is C13H16ClNO4. The normalized spacial score (nSPS) is 10.1. The molecule has 104 valence electrons. The second kappa shape index (κ2) is 6.99. The van der Waals surface area contributed by atoms with Crippen LogP contribution >= 0.6 is 11.6 Å². The highest BCUT2D eigenvalue weighted by molar-refractivity contribution is 6.30. The first kappa shape index (κ1) is 15.3. The Bertz CT molecular complexity index is 474. The molecule has 0 radical (unpaired) electrons. The molecule has 0 saturated carbocycles. The zero-order chi connectivity index (χ0) is 14.4. The van der Waals surface area contributed by atoms with Gasteiger partial charge in [-0.2, -0.15) is 0 Å². The minimum absolute atomic E-state index is 0.00755. The number of amides is 1. The molecule has 0 fully saturated rings. The second-order valence-electron chi connectivity index (χ2n) is 4.19. The van der Waals surface area contributed by atoms with Gasteiger partial charge in [-0.05, 0) is 24.6 Å². The average Bonchev–Trinajstić information content (AvgIpc) is 2.33. The van der Waals surface area contributed by atoms with Gasteiger partial charge >= 0.3 is 5.97 Å². The third-order valence-corrected chi connectivity index (χ3v) is 2.70. The summed E-state index contributed by atoms with van der Waals surface area (Å²) in [6.07, 6.45) is 0.874. The van der Waals surface area contributed by atoms with Crippen LogP contribution in [0.1, 0.15) is 23.2 Å². The average molecular weight is 286 g/mol. The van der Waals surface area contributed by atoms with Gasteiger partial charge in [-0.25, -0.2) is 4.79 Å². The van der Waals surface area contributed by atoms with Crippen molar-refractivity contribution in [3.05, 3.63) is 28.8 Å². The predicted octanol–water partition coefficient (Wildman–Crippen LogP) is 2.29. The van der Waals surface area contributed by atoms with Gasteiger partial charge in [0.1, 0.15) is 11.3 Å². The molecule has 0 aliphatic rings. The van der Waals surface area contributed by atoms with Crippen molar-refractivity contribution in [2.24, 2.45) is 0 Å². The number of carbonyl (C=O) groups excluding carboxylic acids is 1. The largest absolute Gasteiger partial charge is 0.493 e. The molecule has 0 bridgehead atoms. The van der Waals surface area contributed by atoms with E-state index in [-0.39, 0.29) is 23.8 Å². The molecule has 0 heterocycles. The molecule has 0 aromatic heterocycles. The molecule has 1 amide bonds. The Morgan fingerprint density at radius 1 is 1.37 bits per heavy atom. The van der Waals surface area contributed by atoms with E-state index in [2.05, 4.69) is 0 Å². The molecular weight excluding hydrogens is 270 g/mol. The van der Waals surface area contributed by atoms with E-state index in [1.807, 2.05) is 0 Å². The van der Waals surface area contributed by atoms with E-state index in [0.29, 0.717) is 17.9 Å². The number of nitrogens with zero attached hydrogens (tertiary/aromatic N) is 1. The maximum absolute atomic E-state index is 11.3. The monoisotopic (exact) mass is 285 g/mol. The summed E-state index contributed by atoms with van der Waals surface area (Å²) in [5.74, 6) is -0.846. The predicted molar refractivity (Wildman–Crippen MR) is 71.8 cm³/mol. The van der Waals surface area contributed by atoms with Crippen LogP contribution in [0.2, 0.25) is 5.02 Å². The van der Waals surface area contributed by atoms with Gasteiger partial charge in [0.25, 0.3) is 0 Å². The summed E-state index contributed by atoms with van der Waals surface area (Å²) in [4.78, 5) is 23.8. The first-order valence-corrected chi connectivity index (χ1v) is 6.15. The van der Waals surface area contributed by atoms with Crippen LogP contribution in [0.4, 0.5) is 0 Å². The minimum Gasteiger partial charge on any atom is -0.493 e. The molecule has 19 heavy (non-hydrogen) atoms. The highest BCUT2D eigenvalue weighted by Crippen LogP contribution is 2.23. The van der Waals surface area contributed by atoms with Gasteiger partial charge in [-0.3, -0.25) is 4.79 Å². The number of carboxylic acid groups (broad SMARTS) is 1. The summed E-state index contributed by atoms with van der Waals surface area (Å²) >= 11 is 5.79. The Morgan fingerprint density at radius 3 is 2.63 bits per heavy atom. The Labute approximate surface area is 116 Å². The number of hydrogen-bond acceptors (Lipinski definition) is 3. The van der Waals surface area contributed by atoms with Crippen LogP contribution in [-0.2, 0) is 4.79 Å². The lowest BCUT2D eigenvalue weighted by Crippen LogP contribution is -2.21. The van der Waals surface area contributed by atoms with Gasteiger partial charge in [0.05, 0.1) is 6.61 Å². The van der Waals surface area contributed by atoms with Gasteiger partial charge in [0.2, 0.25) is 5.91 Å². The number of carboxylic acids is 1. The van der Waals surface area contributed by atoms with Crippen molar-refractivity contribution in [2.45, 2.75) is 12.8 Å². The van der Waals surface area contributed by atoms with Crippen molar-refractivity contribution in [1.29, 1.82) is 0 Å². The van der Waals surface area contributed by atoms with Crippen LogP contribution in [0.3, 0.4) is 0 Å². The van der Waals surface area contributed by atoms with Crippen LogP contribution in [0.25, 0.3) is 0 Å². The van der Waals surface area contributed by atoms with Gasteiger partial charge < -0.3 is 14.7 Å². The number of halogens is 1. The fraction of sp³-hybridized carbons (Fsp3) is 0.385. The summed E-state index contributed by atoms with van der Waals surface area (Å²) in [5.41, 5.74) is 0.0586. The zero-order valence-electron chi connectivity index (χ0n) is 10.9. The van der Waals surface area contributed by atoms with Crippen molar-refractivity contribution in [1.82, 2.24) is 4.90 Å². The molecule has 1 aromatic carbocycles. The summed E-state index contributed by atoms with van der Waals surface area (Å²) in [7, 11) is 3.37. The molecule has 0 saturated heterocycles. The number of rotatable bonds is 6. The van der Waals surface area contributed by atoms with Gasteiger partial charge in [0.15, 0.2) is 0 Å². The third-order valence-electron chi connectivity index (χ3n) is 2.47. The van der Waals surface area contributed by atoms with Crippen molar-refractivity contribution >= 4 is 23.5 Å². The smallest absolute Gasteiger partial charge is 0.339 e. The number of aromatic carboxylic acids is 1. The van der Waals surface area contributed by atoms with E-state index in [1.165, 1.54) is 23.1 Å². The summed E-state index contributed by atoms with van der Waals surface area (Å²) in [6, 6.07) is 4.34. The van der Waals surface area contributed by atoms with E-state index >= 15 is 0 Å². The van der Waals surface area contributed by atoms with Crippen molar-refractivity contribution in [2.75, 3.05) is 20.7 Å². The Morgan fingerprint density at radius 2 is 2.05 bits per heavy atom. The number of benzene rings is 1. The highest BCUT2D eigenvalue weighted by atomic mass is 35.5. The third kappa shape index (κ3) is 4.79. The summed E-state index contributed by atoms with van der Waals surface area (Å²) < 4.78 is 5.37. The first-order valence-electron chi connectivity index (χ1n) is 5.77.